The standard InChI is InChI=1S/CH2NO.Mo/c2-1-3;/h(H2,2,3);. The maximum atomic E-state index is 9.23. The Hall–Kier alpha value is 0.158. The van der Waals surface area contributed by atoms with E-state index in [1.807, 2.05) is 0 Å². The molecule has 0 aliphatic rings. The van der Waals surface area contributed by atoms with Crippen LogP contribution in [-0.4, -0.2) is 4.30 Å². The summed E-state index contributed by atoms with van der Waals surface area (Å²) in [5, 5.41) is 0. The number of primary amides is 1. The van der Waals surface area contributed by atoms with Crippen LogP contribution in [0.15, 0.2) is 0 Å². The summed E-state index contributed by atoms with van der Waals surface area (Å²) in [6, 6.07) is 0. The van der Waals surface area contributed by atoms with Crippen molar-refractivity contribution in [1.29, 1.82) is 0 Å². The monoisotopic (exact) mass is 142 g/mol. The number of hydrogen-bond acceptors (Lipinski definition) is 1. The van der Waals surface area contributed by atoms with Crippen LogP contribution in [0.4, 0.5) is 4.79 Å². The molecule has 0 bridgehead atoms. The first-order chi connectivity index (χ1) is 1.73. The summed E-state index contributed by atoms with van der Waals surface area (Å²) in [7, 11) is 0. The molecule has 0 radical (unpaired) electrons. The van der Waals surface area contributed by atoms with Crippen molar-refractivity contribution < 1.29 is 24.6 Å². The van der Waals surface area contributed by atoms with E-state index in [0.29, 0.717) is 0 Å². The molecule has 0 aromatic rings. The molecule has 2 nitrogen and oxygen atoms in total. The third-order valence-electron chi connectivity index (χ3n) is 0. The van der Waals surface area contributed by atoms with Crippen molar-refractivity contribution in [2.24, 2.45) is 5.73 Å². The first-order valence-electron chi connectivity index (χ1n) is 0.697. The summed E-state index contributed by atoms with van der Waals surface area (Å²) in [5.41, 5.74) is 4.48. The Kier molecular flexibility index (Phi) is 1.53. The zero-order valence-electron chi connectivity index (χ0n) is 1.89. The van der Waals surface area contributed by atoms with Gasteiger partial charge in [0.25, 0.3) is 0 Å². The van der Waals surface area contributed by atoms with E-state index in [2.05, 4.69) is 5.73 Å². The van der Waals surface area contributed by atoms with E-state index < -0.39 is 0 Å². The molecule has 0 aromatic heterocycles. The normalized spacial score (nSPS) is 6.00. The van der Waals surface area contributed by atoms with E-state index in [1.165, 1.54) is 19.8 Å². The molecule has 0 aliphatic heterocycles. The third-order valence-corrected chi connectivity index (χ3v) is 0. The van der Waals surface area contributed by atoms with Crippen LogP contribution in [-0.2, 0) is 19.8 Å². The molecule has 0 saturated carbocycles. The van der Waals surface area contributed by atoms with Crippen molar-refractivity contribution in [3.8, 4) is 0 Å². The SMILES string of the molecule is N[C](=O)[Mo]. The predicted molar refractivity (Wildman–Crippen MR) is 9.58 cm³/mol. The van der Waals surface area contributed by atoms with Crippen LogP contribution in [0.3, 0.4) is 0 Å². The van der Waals surface area contributed by atoms with Crippen LogP contribution in [0.5, 0.6) is 0 Å². The molecule has 1 amide bonds. The van der Waals surface area contributed by atoms with Gasteiger partial charge in [0.15, 0.2) is 0 Å². The Balaban J connectivity index is 2.80. The molecule has 0 aromatic carbocycles. The summed E-state index contributed by atoms with van der Waals surface area (Å²) >= 11 is 1.25. The number of amides is 1. The topological polar surface area (TPSA) is 43.1 Å². The van der Waals surface area contributed by atoms with E-state index >= 15 is 0 Å². The number of nitrogens with two attached hydrogens (primary N) is 1. The quantitative estimate of drug-likeness (QED) is 0.457. The Bertz CT molecular complexity index is 31.0. The number of rotatable bonds is 0. The van der Waals surface area contributed by atoms with Crippen LogP contribution in [0, 0.1) is 0 Å². The van der Waals surface area contributed by atoms with Gasteiger partial charge in [0.2, 0.25) is 0 Å². The molecule has 3 heteroatoms. The van der Waals surface area contributed by atoms with E-state index in [-0.39, 0.29) is 4.30 Å². The zero-order valence-corrected chi connectivity index (χ0v) is 3.90. The summed E-state index contributed by atoms with van der Waals surface area (Å²) in [5.74, 6) is 0. The fourth-order valence-corrected chi connectivity index (χ4v) is 0. The van der Waals surface area contributed by atoms with E-state index in [1.54, 1.807) is 0 Å². The second-order valence-corrected chi connectivity index (χ2v) is 1.31. The van der Waals surface area contributed by atoms with Crippen molar-refractivity contribution in [3.05, 3.63) is 0 Å². The Morgan fingerprint density at radius 3 is 2.00 bits per heavy atom. The van der Waals surface area contributed by atoms with Gasteiger partial charge in [-0.2, -0.15) is 0 Å². The Labute approximate surface area is 35.3 Å². The van der Waals surface area contributed by atoms with Gasteiger partial charge in [0, 0.05) is 0 Å². The van der Waals surface area contributed by atoms with Gasteiger partial charge in [0.05, 0.1) is 0 Å². The fraction of sp³-hybridized carbons (Fsp3) is 0. The zero-order chi connectivity index (χ0) is 3.58. The van der Waals surface area contributed by atoms with Gasteiger partial charge < -0.3 is 0 Å². The third kappa shape index (κ3) is 116. The molecule has 23 valence electrons. The van der Waals surface area contributed by atoms with Crippen molar-refractivity contribution in [3.63, 3.8) is 0 Å². The van der Waals surface area contributed by atoms with Crippen molar-refractivity contribution in [1.82, 2.24) is 0 Å². The molecular formula is CH2MoNO. The molecule has 0 spiro atoms. The fourth-order valence-electron chi connectivity index (χ4n) is 0. The first kappa shape index (κ1) is 4.16. The van der Waals surface area contributed by atoms with Crippen molar-refractivity contribution >= 4 is 4.30 Å². The van der Waals surface area contributed by atoms with Crippen molar-refractivity contribution in [2.75, 3.05) is 0 Å². The summed E-state index contributed by atoms with van der Waals surface area (Å²) in [6.07, 6.45) is 0. The number of carbonyl (C=O) groups excluding carboxylic acids is 1. The number of carbonyl (C=O) groups is 1. The van der Waals surface area contributed by atoms with Gasteiger partial charge in [-0.25, -0.2) is 0 Å². The summed E-state index contributed by atoms with van der Waals surface area (Å²) in [6.45, 7) is 0. The van der Waals surface area contributed by atoms with Gasteiger partial charge in [0.1, 0.15) is 0 Å². The van der Waals surface area contributed by atoms with Crippen LogP contribution < -0.4 is 5.73 Å². The minimum absolute atomic E-state index is 0.323. The summed E-state index contributed by atoms with van der Waals surface area (Å²) < 4.78 is -0.323. The van der Waals surface area contributed by atoms with Gasteiger partial charge >= 0.3 is 34.6 Å². The van der Waals surface area contributed by atoms with Crippen LogP contribution in [0.2, 0.25) is 0 Å². The second kappa shape index (κ2) is 1.47. The summed E-state index contributed by atoms with van der Waals surface area (Å²) in [4.78, 5) is 9.23. The van der Waals surface area contributed by atoms with Gasteiger partial charge in [-0.3, -0.25) is 0 Å². The Morgan fingerprint density at radius 2 is 2.00 bits per heavy atom. The minimum atomic E-state index is -0.323. The molecular weight excluding hydrogens is 138 g/mol. The van der Waals surface area contributed by atoms with E-state index in [4.69, 9.17) is 0 Å². The molecule has 0 fully saturated rings. The maximum absolute atomic E-state index is 9.23. The average Bonchev–Trinajstić information content (AvgIpc) is 0.811. The average molecular weight is 140 g/mol. The van der Waals surface area contributed by atoms with E-state index in [9.17, 15) is 4.79 Å². The molecule has 0 saturated heterocycles. The molecule has 2 N–H and O–H groups in total. The number of hydrogen-bond donors (Lipinski definition) is 1. The van der Waals surface area contributed by atoms with Gasteiger partial charge in [-0.05, 0) is 0 Å². The second-order valence-electron chi connectivity index (χ2n) is 0.319. The molecule has 0 aliphatic carbocycles. The first-order valence-corrected chi connectivity index (χ1v) is 1.70. The Morgan fingerprint density at radius 1 is 2.00 bits per heavy atom. The molecule has 0 rings (SSSR count). The van der Waals surface area contributed by atoms with Gasteiger partial charge in [-0.15, -0.1) is 0 Å². The van der Waals surface area contributed by atoms with Crippen LogP contribution in [0.25, 0.3) is 0 Å². The van der Waals surface area contributed by atoms with Crippen LogP contribution >= 0.6 is 0 Å². The van der Waals surface area contributed by atoms with Crippen LogP contribution in [0.1, 0.15) is 0 Å². The molecule has 0 unspecified atom stereocenters. The van der Waals surface area contributed by atoms with Crippen molar-refractivity contribution in [2.45, 2.75) is 0 Å². The predicted octanol–water partition coefficient (Wildman–Crippen LogP) is -0.388. The molecule has 4 heavy (non-hydrogen) atoms. The molecule has 0 atom stereocenters. The van der Waals surface area contributed by atoms with E-state index in [0.717, 1.165) is 0 Å². The van der Waals surface area contributed by atoms with Gasteiger partial charge in [-0.1, -0.05) is 0 Å². The molecule has 0 heterocycles.